The number of nitrogens with two attached hydrogens (primary N) is 1. The fourth-order valence-electron chi connectivity index (χ4n) is 2.64. The third kappa shape index (κ3) is 4.08. The number of carbonyl (C=O) groups excluding carboxylic acids is 1. The molecule has 1 heterocycles. The van der Waals surface area contributed by atoms with Crippen LogP contribution in [0.25, 0.3) is 11.4 Å². The van der Waals surface area contributed by atoms with Gasteiger partial charge in [0.05, 0.1) is 0 Å². The number of nitrogens with zero attached hydrogens (tertiary/aromatic N) is 3. The summed E-state index contributed by atoms with van der Waals surface area (Å²) in [4.78, 5) is 12.0. The minimum absolute atomic E-state index is 0.403. The van der Waals surface area contributed by atoms with Crippen LogP contribution in [0.3, 0.4) is 0 Å². The van der Waals surface area contributed by atoms with Crippen molar-refractivity contribution in [2.24, 2.45) is 5.73 Å². The first-order valence-electron chi connectivity index (χ1n) is 8.30. The molecule has 0 radical (unpaired) electrons. The molecule has 26 heavy (non-hydrogen) atoms. The second-order valence-corrected chi connectivity index (χ2v) is 7.28. The van der Waals surface area contributed by atoms with Crippen molar-refractivity contribution in [3.8, 4) is 11.4 Å². The molecule has 0 saturated heterocycles. The van der Waals surface area contributed by atoms with Gasteiger partial charge in [0.25, 0.3) is 0 Å². The Morgan fingerprint density at radius 3 is 2.46 bits per heavy atom. The maximum absolute atomic E-state index is 12.0. The van der Waals surface area contributed by atoms with Crippen molar-refractivity contribution in [1.82, 2.24) is 14.8 Å². The van der Waals surface area contributed by atoms with Gasteiger partial charge in [-0.25, -0.2) is 0 Å². The number of amides is 1. The molecule has 5 nitrogen and oxygen atoms in total. The Morgan fingerprint density at radius 2 is 1.85 bits per heavy atom. The Balaban J connectivity index is 1.96. The normalized spacial score (nSPS) is 12.1. The third-order valence-corrected chi connectivity index (χ3v) is 5.36. The van der Waals surface area contributed by atoms with Gasteiger partial charge in [0.2, 0.25) is 5.91 Å². The molecule has 0 bridgehead atoms. The summed E-state index contributed by atoms with van der Waals surface area (Å²) in [6.45, 7) is 2.83. The Morgan fingerprint density at radius 1 is 1.15 bits per heavy atom. The molecule has 3 rings (SSSR count). The van der Waals surface area contributed by atoms with Crippen molar-refractivity contribution in [2.75, 3.05) is 0 Å². The van der Waals surface area contributed by atoms with E-state index < -0.39 is 11.2 Å². The number of hydrogen-bond donors (Lipinski definition) is 1. The molecule has 0 aliphatic heterocycles. The molecule has 0 aliphatic carbocycles. The van der Waals surface area contributed by atoms with E-state index in [0.29, 0.717) is 10.2 Å². The molecule has 7 heteroatoms. The molecule has 1 aromatic heterocycles. The first-order valence-corrected chi connectivity index (χ1v) is 9.56. The Kier molecular flexibility index (Phi) is 5.96. The minimum atomic E-state index is -0.519. The average molecular weight is 387 g/mol. The van der Waals surface area contributed by atoms with Gasteiger partial charge in [-0.1, -0.05) is 60.6 Å². The predicted octanol–water partition coefficient (Wildman–Crippen LogP) is 4.33. The minimum Gasteiger partial charge on any atom is -0.368 e. The van der Waals surface area contributed by atoms with E-state index in [1.165, 1.54) is 11.8 Å². The number of thioether (sulfide) groups is 1. The van der Waals surface area contributed by atoms with Gasteiger partial charge in [-0.15, -0.1) is 10.2 Å². The monoisotopic (exact) mass is 386 g/mol. The fourth-order valence-corrected chi connectivity index (χ4v) is 3.78. The number of halogens is 1. The van der Waals surface area contributed by atoms with Crippen LogP contribution >= 0.6 is 23.4 Å². The van der Waals surface area contributed by atoms with Crippen LogP contribution in [0.5, 0.6) is 0 Å². The van der Waals surface area contributed by atoms with Crippen LogP contribution in [0.4, 0.5) is 0 Å². The van der Waals surface area contributed by atoms with Crippen LogP contribution in [0.1, 0.15) is 24.2 Å². The van der Waals surface area contributed by atoms with E-state index in [1.807, 2.05) is 59.2 Å². The zero-order valence-electron chi connectivity index (χ0n) is 14.3. The summed E-state index contributed by atoms with van der Waals surface area (Å²) >= 11 is 7.30. The first-order chi connectivity index (χ1) is 12.6. The smallest absolute Gasteiger partial charge is 0.235 e. The quantitative estimate of drug-likeness (QED) is 0.613. The lowest BCUT2D eigenvalue weighted by Gasteiger charge is -2.14. The van der Waals surface area contributed by atoms with Gasteiger partial charge in [0.1, 0.15) is 5.25 Å². The van der Waals surface area contributed by atoms with Gasteiger partial charge in [0, 0.05) is 17.1 Å². The zero-order valence-corrected chi connectivity index (χ0v) is 15.9. The highest BCUT2D eigenvalue weighted by Gasteiger charge is 2.23. The lowest BCUT2D eigenvalue weighted by atomic mass is 10.1. The van der Waals surface area contributed by atoms with Crippen LogP contribution < -0.4 is 5.73 Å². The molecule has 3 aromatic rings. The van der Waals surface area contributed by atoms with Gasteiger partial charge < -0.3 is 10.3 Å². The van der Waals surface area contributed by atoms with E-state index >= 15 is 0 Å². The largest absolute Gasteiger partial charge is 0.368 e. The molecular weight excluding hydrogens is 368 g/mol. The highest BCUT2D eigenvalue weighted by atomic mass is 35.5. The second-order valence-electron chi connectivity index (χ2n) is 5.78. The topological polar surface area (TPSA) is 73.8 Å². The second kappa shape index (κ2) is 8.38. The van der Waals surface area contributed by atoms with Crippen LogP contribution in [-0.4, -0.2) is 20.7 Å². The SMILES string of the molecule is CCCn1c(S[C@@H](C(N)=O)c2ccccc2)nnc1-c1ccc(Cl)cc1. The van der Waals surface area contributed by atoms with E-state index in [-0.39, 0.29) is 0 Å². The van der Waals surface area contributed by atoms with Gasteiger partial charge in [0.15, 0.2) is 11.0 Å². The Hall–Kier alpha value is -2.31. The number of primary amides is 1. The lowest BCUT2D eigenvalue weighted by Crippen LogP contribution is -2.19. The molecule has 0 fully saturated rings. The Bertz CT molecular complexity index is 880. The van der Waals surface area contributed by atoms with E-state index in [4.69, 9.17) is 17.3 Å². The highest BCUT2D eigenvalue weighted by Crippen LogP contribution is 2.35. The summed E-state index contributed by atoms with van der Waals surface area (Å²) in [5, 5.41) is 9.47. The van der Waals surface area contributed by atoms with Crippen molar-refractivity contribution < 1.29 is 4.79 Å². The maximum Gasteiger partial charge on any atom is 0.235 e. The van der Waals surface area contributed by atoms with Crippen molar-refractivity contribution >= 4 is 29.3 Å². The van der Waals surface area contributed by atoms with Crippen molar-refractivity contribution in [2.45, 2.75) is 30.3 Å². The van der Waals surface area contributed by atoms with Gasteiger partial charge in [-0.3, -0.25) is 4.79 Å². The van der Waals surface area contributed by atoms with Gasteiger partial charge >= 0.3 is 0 Å². The molecule has 2 N–H and O–H groups in total. The van der Waals surface area contributed by atoms with Crippen LogP contribution in [0, 0.1) is 0 Å². The molecule has 0 spiro atoms. The summed E-state index contributed by atoms with van der Waals surface area (Å²) in [6, 6.07) is 16.9. The number of hydrogen-bond acceptors (Lipinski definition) is 4. The highest BCUT2D eigenvalue weighted by molar-refractivity contribution is 8.00. The fraction of sp³-hybridized carbons (Fsp3) is 0.211. The number of rotatable bonds is 7. The average Bonchev–Trinajstić information content (AvgIpc) is 3.04. The van der Waals surface area contributed by atoms with Crippen LogP contribution in [0.15, 0.2) is 59.8 Å². The summed E-state index contributed by atoms with van der Waals surface area (Å²) in [6.07, 6.45) is 0.915. The molecule has 0 unspecified atom stereocenters. The van der Waals surface area contributed by atoms with Crippen molar-refractivity contribution in [1.29, 1.82) is 0 Å². The molecule has 2 aromatic carbocycles. The molecule has 1 atom stereocenters. The number of aromatic nitrogens is 3. The predicted molar refractivity (Wildman–Crippen MR) is 105 cm³/mol. The number of benzene rings is 2. The summed E-state index contributed by atoms with van der Waals surface area (Å²) < 4.78 is 2.02. The van der Waals surface area contributed by atoms with Crippen LogP contribution in [0.2, 0.25) is 5.02 Å². The van der Waals surface area contributed by atoms with E-state index in [9.17, 15) is 4.79 Å². The molecule has 0 saturated carbocycles. The van der Waals surface area contributed by atoms with E-state index in [0.717, 1.165) is 29.9 Å². The molecular formula is C19H19ClN4OS. The Labute approximate surface area is 161 Å². The molecule has 134 valence electrons. The zero-order chi connectivity index (χ0) is 18.5. The summed E-state index contributed by atoms with van der Waals surface area (Å²) in [5.41, 5.74) is 7.42. The van der Waals surface area contributed by atoms with Crippen LogP contribution in [-0.2, 0) is 11.3 Å². The molecule has 1 amide bonds. The lowest BCUT2D eigenvalue weighted by molar-refractivity contribution is -0.117. The van der Waals surface area contributed by atoms with Gasteiger partial charge in [-0.05, 0) is 36.2 Å². The maximum atomic E-state index is 12.0. The first kappa shape index (κ1) is 18.5. The number of carbonyl (C=O) groups is 1. The van der Waals surface area contributed by atoms with E-state index in [2.05, 4.69) is 17.1 Å². The summed E-state index contributed by atoms with van der Waals surface area (Å²) in [7, 11) is 0. The standard InChI is InChI=1S/C19H19ClN4OS/c1-2-12-24-18(14-8-10-15(20)11-9-14)22-23-19(24)26-16(17(21)25)13-6-4-3-5-7-13/h3-11,16H,2,12H2,1H3,(H2,21,25)/t16-/m1/s1. The van der Waals surface area contributed by atoms with E-state index in [1.54, 1.807) is 0 Å². The molecule has 0 aliphatic rings. The van der Waals surface area contributed by atoms with Crippen molar-refractivity contribution in [3.05, 3.63) is 65.2 Å². The summed E-state index contributed by atoms with van der Waals surface area (Å²) in [5.74, 6) is 0.350. The third-order valence-electron chi connectivity index (χ3n) is 3.85. The van der Waals surface area contributed by atoms with Crippen molar-refractivity contribution in [3.63, 3.8) is 0 Å². The van der Waals surface area contributed by atoms with Gasteiger partial charge in [-0.2, -0.15) is 0 Å².